The summed E-state index contributed by atoms with van der Waals surface area (Å²) in [5.41, 5.74) is 3.00. The van der Waals surface area contributed by atoms with Crippen LogP contribution in [-0.4, -0.2) is 25.1 Å². The molecule has 0 bridgehead atoms. The van der Waals surface area contributed by atoms with Gasteiger partial charge < -0.3 is 9.88 Å². The second-order valence-corrected chi connectivity index (χ2v) is 7.61. The number of fused-ring (bicyclic) bond motifs is 1. The highest BCUT2D eigenvalue weighted by Gasteiger charge is 2.20. The van der Waals surface area contributed by atoms with Gasteiger partial charge in [0, 0.05) is 37.0 Å². The Morgan fingerprint density at radius 2 is 1.84 bits per heavy atom. The van der Waals surface area contributed by atoms with Crippen LogP contribution in [0.25, 0.3) is 5.65 Å². The van der Waals surface area contributed by atoms with Gasteiger partial charge in [-0.1, -0.05) is 30.3 Å². The Bertz CT molecular complexity index is 1380. The Kier molecular flexibility index (Phi) is 5.29. The minimum atomic E-state index is -0.468. The number of rotatable bonds is 5. The molecule has 8 heteroatoms. The minimum Gasteiger partial charge on any atom is -0.345 e. The number of carbonyl (C=O) groups excluding carboxylic acids is 1. The van der Waals surface area contributed by atoms with Gasteiger partial charge >= 0.3 is 0 Å². The van der Waals surface area contributed by atoms with Gasteiger partial charge in [-0.15, -0.1) is 0 Å². The van der Waals surface area contributed by atoms with Crippen LogP contribution < -0.4 is 16.4 Å². The van der Waals surface area contributed by atoms with E-state index >= 15 is 0 Å². The number of benzene rings is 1. The van der Waals surface area contributed by atoms with Gasteiger partial charge in [0.2, 0.25) is 0 Å². The number of hydrogen-bond donors (Lipinski definition) is 2. The van der Waals surface area contributed by atoms with Crippen molar-refractivity contribution in [2.75, 3.05) is 0 Å². The highest BCUT2D eigenvalue weighted by atomic mass is 16.2. The number of H-pyrrole nitrogens is 1. The SMILES string of the molecule is Cc1cc2nc(CC(NC(=O)c3ccc(C)n(C)c3=O)c3ccccc3)cc(=O)n2[nH]1. The van der Waals surface area contributed by atoms with E-state index in [1.807, 2.05) is 37.3 Å². The molecule has 0 saturated carbocycles. The Morgan fingerprint density at radius 3 is 2.58 bits per heavy atom. The Hall–Kier alpha value is -3.94. The van der Waals surface area contributed by atoms with E-state index in [2.05, 4.69) is 15.4 Å². The van der Waals surface area contributed by atoms with Gasteiger partial charge in [-0.2, -0.15) is 0 Å². The molecule has 1 aromatic carbocycles. The maximum atomic E-state index is 13.0. The first-order valence-corrected chi connectivity index (χ1v) is 9.94. The molecule has 3 heterocycles. The summed E-state index contributed by atoms with van der Waals surface area (Å²) in [6.07, 6.45) is 0.303. The normalized spacial score (nSPS) is 12.1. The van der Waals surface area contributed by atoms with Crippen LogP contribution in [0.15, 0.2) is 64.2 Å². The van der Waals surface area contributed by atoms with Crippen molar-refractivity contribution in [1.29, 1.82) is 0 Å². The van der Waals surface area contributed by atoms with Gasteiger partial charge in [-0.25, -0.2) is 9.50 Å². The van der Waals surface area contributed by atoms with Crippen molar-refractivity contribution in [3.8, 4) is 0 Å². The smallest absolute Gasteiger partial charge is 0.272 e. The van der Waals surface area contributed by atoms with Crippen molar-refractivity contribution < 1.29 is 4.79 Å². The van der Waals surface area contributed by atoms with Crippen LogP contribution in [0.4, 0.5) is 0 Å². The lowest BCUT2D eigenvalue weighted by molar-refractivity contribution is 0.0934. The van der Waals surface area contributed by atoms with E-state index in [4.69, 9.17) is 0 Å². The van der Waals surface area contributed by atoms with Crippen LogP contribution >= 0.6 is 0 Å². The summed E-state index contributed by atoms with van der Waals surface area (Å²) in [6, 6.07) is 15.5. The van der Waals surface area contributed by atoms with Crippen LogP contribution in [0, 0.1) is 13.8 Å². The summed E-state index contributed by atoms with van der Waals surface area (Å²) >= 11 is 0. The number of aromatic nitrogens is 4. The zero-order valence-electron chi connectivity index (χ0n) is 17.5. The number of aromatic amines is 1. The number of nitrogens with one attached hydrogen (secondary N) is 2. The van der Waals surface area contributed by atoms with E-state index in [1.54, 1.807) is 26.1 Å². The molecule has 0 radical (unpaired) electrons. The topological polar surface area (TPSA) is 101 Å². The summed E-state index contributed by atoms with van der Waals surface area (Å²) in [6.45, 7) is 3.65. The fourth-order valence-corrected chi connectivity index (χ4v) is 3.55. The monoisotopic (exact) mass is 417 g/mol. The van der Waals surface area contributed by atoms with E-state index in [-0.39, 0.29) is 16.7 Å². The minimum absolute atomic E-state index is 0.0683. The number of carbonyl (C=O) groups is 1. The molecule has 3 aromatic heterocycles. The van der Waals surface area contributed by atoms with Crippen molar-refractivity contribution in [2.45, 2.75) is 26.3 Å². The van der Waals surface area contributed by atoms with Gasteiger partial charge in [0.25, 0.3) is 17.0 Å². The average Bonchev–Trinajstić information content (AvgIpc) is 3.13. The number of pyridine rings is 1. The van der Waals surface area contributed by atoms with Gasteiger partial charge in [0.15, 0.2) is 5.65 Å². The first-order valence-electron chi connectivity index (χ1n) is 9.94. The van der Waals surface area contributed by atoms with E-state index in [9.17, 15) is 14.4 Å². The predicted molar refractivity (Wildman–Crippen MR) is 117 cm³/mol. The third kappa shape index (κ3) is 4.05. The molecule has 1 atom stereocenters. The van der Waals surface area contributed by atoms with E-state index in [0.29, 0.717) is 17.8 Å². The summed E-state index contributed by atoms with van der Waals surface area (Å²) in [5, 5.41) is 5.89. The van der Waals surface area contributed by atoms with Crippen molar-refractivity contribution in [1.82, 2.24) is 24.5 Å². The van der Waals surface area contributed by atoms with Crippen LogP contribution in [0.1, 0.15) is 39.0 Å². The molecule has 0 saturated heterocycles. The molecule has 0 spiro atoms. The molecular formula is C23H23N5O3. The first kappa shape index (κ1) is 20.3. The van der Waals surface area contributed by atoms with E-state index in [0.717, 1.165) is 17.0 Å². The fraction of sp³-hybridized carbons (Fsp3) is 0.217. The highest BCUT2D eigenvalue weighted by Crippen LogP contribution is 2.18. The molecule has 0 fully saturated rings. The lowest BCUT2D eigenvalue weighted by Gasteiger charge is -2.19. The zero-order chi connectivity index (χ0) is 22.1. The molecular weight excluding hydrogens is 394 g/mol. The molecule has 158 valence electrons. The van der Waals surface area contributed by atoms with Gasteiger partial charge in [-0.3, -0.25) is 19.5 Å². The highest BCUT2D eigenvalue weighted by molar-refractivity contribution is 5.94. The third-order valence-corrected chi connectivity index (χ3v) is 5.35. The second kappa shape index (κ2) is 8.06. The van der Waals surface area contributed by atoms with Crippen molar-refractivity contribution in [2.24, 2.45) is 7.05 Å². The Labute approximate surface area is 178 Å². The predicted octanol–water partition coefficient (Wildman–Crippen LogP) is 2.05. The van der Waals surface area contributed by atoms with Crippen molar-refractivity contribution >= 4 is 11.6 Å². The number of aryl methyl sites for hydroxylation is 2. The molecule has 0 aliphatic carbocycles. The van der Waals surface area contributed by atoms with E-state index < -0.39 is 11.9 Å². The van der Waals surface area contributed by atoms with Gasteiger partial charge in [0.1, 0.15) is 5.56 Å². The summed E-state index contributed by atoms with van der Waals surface area (Å²) < 4.78 is 2.82. The number of hydrogen-bond acceptors (Lipinski definition) is 4. The van der Waals surface area contributed by atoms with Crippen LogP contribution in [0.2, 0.25) is 0 Å². The molecule has 1 unspecified atom stereocenters. The molecule has 0 aliphatic rings. The van der Waals surface area contributed by atoms with Gasteiger partial charge in [-0.05, 0) is 31.5 Å². The third-order valence-electron chi connectivity index (χ3n) is 5.35. The second-order valence-electron chi connectivity index (χ2n) is 7.61. The molecule has 4 aromatic rings. The zero-order valence-corrected chi connectivity index (χ0v) is 17.5. The molecule has 2 N–H and O–H groups in total. The summed E-state index contributed by atoms with van der Waals surface area (Å²) in [7, 11) is 1.63. The fourth-order valence-electron chi connectivity index (χ4n) is 3.55. The van der Waals surface area contributed by atoms with Crippen LogP contribution in [-0.2, 0) is 13.5 Å². The number of nitrogens with zero attached hydrogens (tertiary/aromatic N) is 3. The molecule has 8 nitrogen and oxygen atoms in total. The van der Waals surface area contributed by atoms with Crippen molar-refractivity contribution in [3.05, 3.63) is 104 Å². The maximum absolute atomic E-state index is 13.0. The Morgan fingerprint density at radius 1 is 1.10 bits per heavy atom. The number of amides is 1. The largest absolute Gasteiger partial charge is 0.345 e. The van der Waals surface area contributed by atoms with Crippen LogP contribution in [0.3, 0.4) is 0 Å². The summed E-state index contributed by atoms with van der Waals surface area (Å²) in [5.74, 6) is -0.468. The maximum Gasteiger partial charge on any atom is 0.272 e. The van der Waals surface area contributed by atoms with Gasteiger partial charge in [0.05, 0.1) is 11.7 Å². The molecule has 1 amide bonds. The molecule has 0 aliphatic heterocycles. The average molecular weight is 417 g/mol. The van der Waals surface area contributed by atoms with Crippen molar-refractivity contribution in [3.63, 3.8) is 0 Å². The first-order chi connectivity index (χ1) is 14.8. The van der Waals surface area contributed by atoms with Crippen LogP contribution in [0.5, 0.6) is 0 Å². The lowest BCUT2D eigenvalue weighted by Crippen LogP contribution is -2.36. The molecule has 31 heavy (non-hydrogen) atoms. The quantitative estimate of drug-likeness (QED) is 0.519. The Balaban J connectivity index is 1.69. The summed E-state index contributed by atoms with van der Waals surface area (Å²) in [4.78, 5) is 42.5. The molecule has 4 rings (SSSR count). The lowest BCUT2D eigenvalue weighted by atomic mass is 10.0. The van der Waals surface area contributed by atoms with E-state index in [1.165, 1.54) is 21.2 Å². The standard InChI is InChI=1S/C23H23N5O3/c1-14-11-20-24-17(13-21(29)28(20)26-14)12-19(16-7-5-4-6-8-16)25-22(30)18-10-9-15(2)27(3)23(18)31/h4-11,13,19,26H,12H2,1-3H3,(H,25,30).